The summed E-state index contributed by atoms with van der Waals surface area (Å²) >= 11 is 1.64. The zero-order chi connectivity index (χ0) is 32.1. The van der Waals surface area contributed by atoms with Gasteiger partial charge in [0.25, 0.3) is 5.56 Å². The van der Waals surface area contributed by atoms with E-state index in [4.69, 9.17) is 23.9 Å². The Hall–Kier alpha value is -3.86. The van der Waals surface area contributed by atoms with Crippen molar-refractivity contribution in [2.45, 2.75) is 90.2 Å². The highest BCUT2D eigenvalue weighted by Gasteiger charge is 2.51. The zero-order valence-electron chi connectivity index (χ0n) is 26.3. The summed E-state index contributed by atoms with van der Waals surface area (Å²) in [5.41, 5.74) is 2.15. The highest BCUT2D eigenvalue weighted by atomic mass is 32.2. The first-order chi connectivity index (χ1) is 21.5. The second kappa shape index (κ2) is 11.8. The number of ether oxygens (including phenoxy) is 4. The molecule has 2 aliphatic heterocycles. The number of hydrogen-bond acceptors (Lipinski definition) is 10. The van der Waals surface area contributed by atoms with Gasteiger partial charge < -0.3 is 23.5 Å². The molecule has 1 fully saturated rings. The van der Waals surface area contributed by atoms with E-state index in [2.05, 4.69) is 20.8 Å². The minimum Gasteiger partial charge on any atom is -0.457 e. The standard InChI is InChI=1S/C34H38N2O8S/c1-6-21-22-15-20(43-30(38)19-9-8-10-19)11-12-26(22)35-28-23(21)17-36-27(28)16-25-24(29(36)37)18-42-31(39)34(25,7-2)44-32(40)41-13-14-45-33(3,4)5/h11-12,15-16,19H,6-10,13-14,17-18H2,1-5H3/t34-/m0/s1. The van der Waals surface area contributed by atoms with Gasteiger partial charge in [-0.3, -0.25) is 9.59 Å². The van der Waals surface area contributed by atoms with E-state index >= 15 is 0 Å². The summed E-state index contributed by atoms with van der Waals surface area (Å²) in [6, 6.07) is 7.15. The van der Waals surface area contributed by atoms with Crippen LogP contribution >= 0.6 is 11.8 Å². The molecular formula is C34H38N2O8S. The number of aryl methyl sites for hydroxylation is 1. The molecule has 0 amide bonds. The number of aromatic nitrogens is 2. The van der Waals surface area contributed by atoms with Gasteiger partial charge in [-0.2, -0.15) is 11.8 Å². The van der Waals surface area contributed by atoms with Gasteiger partial charge in [-0.15, -0.1) is 0 Å². The highest BCUT2D eigenvalue weighted by molar-refractivity contribution is 8.00. The number of cyclic esters (lactones) is 1. The average molecular weight is 635 g/mol. The van der Waals surface area contributed by atoms with E-state index in [0.29, 0.717) is 40.4 Å². The second-order valence-corrected chi connectivity index (χ2v) is 14.7. The molecule has 0 unspecified atom stereocenters. The van der Waals surface area contributed by atoms with E-state index in [-0.39, 0.29) is 53.9 Å². The lowest BCUT2D eigenvalue weighted by molar-refractivity contribution is -0.175. The van der Waals surface area contributed by atoms with Crippen molar-refractivity contribution in [2.75, 3.05) is 12.4 Å². The Morgan fingerprint density at radius 1 is 1.13 bits per heavy atom. The number of esters is 2. The van der Waals surface area contributed by atoms with Crippen LogP contribution in [0.15, 0.2) is 29.1 Å². The summed E-state index contributed by atoms with van der Waals surface area (Å²) in [6.45, 7) is 10.1. The SMILES string of the molecule is CCc1c2c(nc3ccc(OC(=O)C4CCC4)cc13)-c1cc3c(c(=O)n1C2)COC(=O)[C@@]3(CC)OC(=O)OCCSC(C)(C)C. The Bertz CT molecular complexity index is 1770. The first-order valence-corrected chi connectivity index (χ1v) is 16.6. The van der Waals surface area contributed by atoms with Gasteiger partial charge in [0, 0.05) is 27.0 Å². The number of carbonyl (C=O) groups excluding carboxylic acids is 3. The summed E-state index contributed by atoms with van der Waals surface area (Å²) in [7, 11) is 0. The van der Waals surface area contributed by atoms with Gasteiger partial charge in [0.15, 0.2) is 0 Å². The Morgan fingerprint density at radius 3 is 2.58 bits per heavy atom. The van der Waals surface area contributed by atoms with Crippen LogP contribution in [0.1, 0.15) is 82.6 Å². The van der Waals surface area contributed by atoms with E-state index in [9.17, 15) is 19.2 Å². The molecule has 238 valence electrons. The quantitative estimate of drug-likeness (QED) is 0.129. The van der Waals surface area contributed by atoms with Crippen molar-refractivity contribution in [1.29, 1.82) is 0 Å². The molecule has 2 aromatic heterocycles. The van der Waals surface area contributed by atoms with Crippen molar-refractivity contribution in [3.63, 3.8) is 0 Å². The van der Waals surface area contributed by atoms with Gasteiger partial charge in [-0.05, 0) is 55.5 Å². The van der Waals surface area contributed by atoms with Gasteiger partial charge in [0.05, 0.1) is 34.9 Å². The molecule has 4 heterocycles. The number of fused-ring (bicyclic) bond motifs is 5. The van der Waals surface area contributed by atoms with Crippen LogP contribution in [0, 0.1) is 5.92 Å². The molecule has 45 heavy (non-hydrogen) atoms. The van der Waals surface area contributed by atoms with Gasteiger partial charge in [-0.25, -0.2) is 14.6 Å². The molecule has 6 rings (SSSR count). The molecule has 0 radical (unpaired) electrons. The predicted molar refractivity (Wildman–Crippen MR) is 169 cm³/mol. The molecule has 1 atom stereocenters. The lowest BCUT2D eigenvalue weighted by Gasteiger charge is -2.35. The van der Waals surface area contributed by atoms with Crippen molar-refractivity contribution in [2.24, 2.45) is 5.92 Å². The van der Waals surface area contributed by atoms with Crippen molar-refractivity contribution in [3.05, 3.63) is 56.9 Å². The van der Waals surface area contributed by atoms with Gasteiger partial charge in [0.2, 0.25) is 5.60 Å². The third-order valence-electron chi connectivity index (χ3n) is 8.85. The maximum atomic E-state index is 14.0. The molecule has 0 saturated heterocycles. The second-order valence-electron chi connectivity index (χ2n) is 12.7. The van der Waals surface area contributed by atoms with Crippen LogP contribution in [-0.2, 0) is 49.0 Å². The number of rotatable bonds is 8. The highest BCUT2D eigenvalue weighted by Crippen LogP contribution is 2.42. The van der Waals surface area contributed by atoms with Crippen molar-refractivity contribution >= 4 is 40.8 Å². The fraction of sp³-hybridized carbons (Fsp3) is 0.500. The van der Waals surface area contributed by atoms with E-state index in [1.54, 1.807) is 35.4 Å². The normalized spacial score (nSPS) is 18.8. The largest absolute Gasteiger partial charge is 0.509 e. The van der Waals surface area contributed by atoms with E-state index in [0.717, 1.165) is 35.8 Å². The third-order valence-corrected chi connectivity index (χ3v) is 10.1. The molecule has 3 aromatic rings. The smallest absolute Gasteiger partial charge is 0.457 e. The number of carbonyl (C=O) groups is 3. The molecule has 3 aliphatic rings. The zero-order valence-corrected chi connectivity index (χ0v) is 27.1. The van der Waals surface area contributed by atoms with Gasteiger partial charge in [0.1, 0.15) is 19.0 Å². The van der Waals surface area contributed by atoms with Gasteiger partial charge >= 0.3 is 18.1 Å². The molecule has 1 aromatic carbocycles. The molecule has 1 aliphatic carbocycles. The fourth-order valence-electron chi connectivity index (χ4n) is 6.25. The molecule has 0 bridgehead atoms. The van der Waals surface area contributed by atoms with E-state index < -0.39 is 17.7 Å². The summed E-state index contributed by atoms with van der Waals surface area (Å²) in [4.78, 5) is 57.6. The summed E-state index contributed by atoms with van der Waals surface area (Å²) < 4.78 is 23.8. The lowest BCUT2D eigenvalue weighted by Crippen LogP contribution is -2.47. The maximum absolute atomic E-state index is 14.0. The Balaban J connectivity index is 1.36. The van der Waals surface area contributed by atoms with Crippen molar-refractivity contribution in [1.82, 2.24) is 9.55 Å². The molecule has 0 spiro atoms. The monoisotopic (exact) mass is 634 g/mol. The van der Waals surface area contributed by atoms with E-state index in [1.165, 1.54) is 0 Å². The van der Waals surface area contributed by atoms with Gasteiger partial charge in [-0.1, -0.05) is 41.0 Å². The Labute approximate surface area is 265 Å². The van der Waals surface area contributed by atoms with Crippen LogP contribution < -0.4 is 10.3 Å². The predicted octanol–water partition coefficient (Wildman–Crippen LogP) is 6.04. The minimum atomic E-state index is -1.83. The van der Waals surface area contributed by atoms with Crippen LogP contribution in [-0.4, -0.2) is 44.8 Å². The van der Waals surface area contributed by atoms with Crippen molar-refractivity contribution in [3.8, 4) is 17.1 Å². The fourth-order valence-corrected chi connectivity index (χ4v) is 7.03. The molecule has 0 N–H and O–H groups in total. The molecule has 1 saturated carbocycles. The minimum absolute atomic E-state index is 0.00449. The van der Waals surface area contributed by atoms with Crippen LogP contribution in [0.25, 0.3) is 22.3 Å². The molecule has 10 nitrogen and oxygen atoms in total. The topological polar surface area (TPSA) is 123 Å². The average Bonchev–Trinajstić information content (AvgIpc) is 3.33. The Kier molecular flexibility index (Phi) is 8.18. The number of thioether (sulfide) groups is 1. The summed E-state index contributed by atoms with van der Waals surface area (Å²) in [5.74, 6) is 0.0488. The molecule has 11 heteroatoms. The number of hydrogen-bond donors (Lipinski definition) is 0. The van der Waals surface area contributed by atoms with Crippen LogP contribution in [0.3, 0.4) is 0 Å². The summed E-state index contributed by atoms with van der Waals surface area (Å²) in [5, 5.41) is 0.859. The lowest BCUT2D eigenvalue weighted by atomic mass is 9.85. The Morgan fingerprint density at radius 2 is 1.91 bits per heavy atom. The van der Waals surface area contributed by atoms with Crippen LogP contribution in [0.4, 0.5) is 4.79 Å². The number of benzene rings is 1. The third kappa shape index (κ3) is 5.60. The number of pyridine rings is 2. The van der Waals surface area contributed by atoms with Crippen molar-refractivity contribution < 1.29 is 33.3 Å². The first-order valence-electron chi connectivity index (χ1n) is 15.6. The molecular weight excluding hydrogens is 596 g/mol. The van der Waals surface area contributed by atoms with Crippen LogP contribution in [0.2, 0.25) is 0 Å². The number of nitrogens with zero attached hydrogens (tertiary/aromatic N) is 2. The maximum Gasteiger partial charge on any atom is 0.509 e. The van der Waals surface area contributed by atoms with Crippen LogP contribution in [0.5, 0.6) is 5.75 Å². The first kappa shape index (κ1) is 31.1. The van der Waals surface area contributed by atoms with E-state index in [1.807, 2.05) is 19.1 Å². The summed E-state index contributed by atoms with van der Waals surface area (Å²) in [6.07, 6.45) is 2.47.